The Morgan fingerprint density at radius 3 is 2.11 bits per heavy atom. The van der Waals surface area contributed by atoms with E-state index in [1.807, 2.05) is 0 Å². The van der Waals surface area contributed by atoms with Crippen molar-refractivity contribution in [2.45, 2.75) is 72.0 Å². The number of nitrogens with zero attached hydrogens (tertiary/aromatic N) is 1. The first-order valence-electron chi connectivity index (χ1n) is 7.35. The van der Waals surface area contributed by atoms with Gasteiger partial charge in [-0.05, 0) is 40.5 Å². The van der Waals surface area contributed by atoms with Crippen molar-refractivity contribution in [3.63, 3.8) is 0 Å². The Bertz CT molecular complexity index is 197. The molecule has 18 heavy (non-hydrogen) atoms. The average molecular weight is 258 g/mol. The highest BCUT2D eigenvalue weighted by atomic mass is 16.5. The van der Waals surface area contributed by atoms with Gasteiger partial charge in [0.1, 0.15) is 0 Å². The van der Waals surface area contributed by atoms with Crippen LogP contribution in [0.25, 0.3) is 0 Å². The van der Waals surface area contributed by atoms with Crippen LogP contribution in [-0.4, -0.2) is 49.3 Å². The second-order valence-electron chi connectivity index (χ2n) is 6.18. The van der Waals surface area contributed by atoms with E-state index in [2.05, 4.69) is 51.8 Å². The lowest BCUT2D eigenvalue weighted by Gasteiger charge is -2.37. The van der Waals surface area contributed by atoms with Gasteiger partial charge in [-0.25, -0.2) is 0 Å². The summed E-state index contributed by atoms with van der Waals surface area (Å²) in [5.74, 6) is 0. The van der Waals surface area contributed by atoms with Gasteiger partial charge in [-0.3, -0.25) is 4.90 Å². The van der Waals surface area contributed by atoms with Gasteiger partial charge in [0.2, 0.25) is 0 Å². The number of nitrogens with one attached hydrogen (secondary N) is 1. The highest BCUT2D eigenvalue weighted by Gasteiger charge is 2.22. The predicted octanol–water partition coefficient (Wildman–Crippen LogP) is 2.90. The monoisotopic (exact) mass is 258 g/mol. The molecule has 0 aromatic rings. The Labute approximate surface area is 114 Å². The van der Waals surface area contributed by atoms with E-state index in [1.165, 1.54) is 12.8 Å². The van der Waals surface area contributed by atoms with Crippen molar-refractivity contribution in [3.05, 3.63) is 0 Å². The van der Waals surface area contributed by atoms with Crippen LogP contribution in [0.3, 0.4) is 0 Å². The summed E-state index contributed by atoms with van der Waals surface area (Å²) in [7, 11) is 1.78. The van der Waals surface area contributed by atoms with Crippen LogP contribution >= 0.6 is 0 Å². The van der Waals surface area contributed by atoms with Gasteiger partial charge in [-0.15, -0.1) is 0 Å². The first kappa shape index (κ1) is 17.9. The quantitative estimate of drug-likeness (QED) is 0.688. The molecule has 0 aliphatic heterocycles. The molecule has 0 aliphatic rings. The molecule has 0 aromatic carbocycles. The molecule has 0 saturated heterocycles. The lowest BCUT2D eigenvalue weighted by atomic mass is 10.1. The Kier molecular flexibility index (Phi) is 8.83. The van der Waals surface area contributed by atoms with Crippen molar-refractivity contribution in [1.29, 1.82) is 0 Å². The largest absolute Gasteiger partial charge is 0.383 e. The van der Waals surface area contributed by atoms with Crippen molar-refractivity contribution < 1.29 is 4.74 Å². The maximum absolute atomic E-state index is 5.24. The second kappa shape index (κ2) is 8.89. The minimum Gasteiger partial charge on any atom is -0.383 e. The van der Waals surface area contributed by atoms with Crippen LogP contribution in [0.5, 0.6) is 0 Å². The molecule has 0 aliphatic carbocycles. The standard InChI is InChI=1S/C15H34N2O/c1-8-14(9-2)17(10-11-18-7)13(3)12-16-15(4,5)6/h13-14,16H,8-12H2,1-7H3. The molecule has 0 rings (SSSR count). The highest BCUT2D eigenvalue weighted by Crippen LogP contribution is 2.13. The number of methoxy groups -OCH3 is 1. The van der Waals surface area contributed by atoms with E-state index in [-0.39, 0.29) is 5.54 Å². The van der Waals surface area contributed by atoms with Crippen LogP contribution in [0.2, 0.25) is 0 Å². The molecule has 0 fully saturated rings. The van der Waals surface area contributed by atoms with Crippen LogP contribution in [-0.2, 0) is 4.74 Å². The molecule has 1 atom stereocenters. The van der Waals surface area contributed by atoms with Gasteiger partial charge in [0.25, 0.3) is 0 Å². The predicted molar refractivity (Wildman–Crippen MR) is 80.2 cm³/mol. The lowest BCUT2D eigenvalue weighted by molar-refractivity contribution is 0.0826. The first-order valence-corrected chi connectivity index (χ1v) is 7.35. The summed E-state index contributed by atoms with van der Waals surface area (Å²) >= 11 is 0. The zero-order valence-electron chi connectivity index (χ0n) is 13.5. The summed E-state index contributed by atoms with van der Waals surface area (Å²) in [6, 6.07) is 1.21. The number of hydrogen-bond donors (Lipinski definition) is 1. The molecule has 1 unspecified atom stereocenters. The Morgan fingerprint density at radius 2 is 1.72 bits per heavy atom. The average Bonchev–Trinajstić information content (AvgIpc) is 2.30. The zero-order valence-corrected chi connectivity index (χ0v) is 13.5. The molecule has 0 amide bonds. The fourth-order valence-electron chi connectivity index (χ4n) is 2.29. The van der Waals surface area contributed by atoms with Crippen molar-refractivity contribution in [2.75, 3.05) is 26.8 Å². The Hall–Kier alpha value is -0.120. The van der Waals surface area contributed by atoms with Gasteiger partial charge in [0.05, 0.1) is 6.61 Å². The molecular weight excluding hydrogens is 224 g/mol. The van der Waals surface area contributed by atoms with Gasteiger partial charge < -0.3 is 10.1 Å². The number of hydrogen-bond acceptors (Lipinski definition) is 3. The fourth-order valence-corrected chi connectivity index (χ4v) is 2.29. The summed E-state index contributed by atoms with van der Waals surface area (Å²) < 4.78 is 5.24. The van der Waals surface area contributed by atoms with Crippen LogP contribution in [0, 0.1) is 0 Å². The third kappa shape index (κ3) is 7.34. The zero-order chi connectivity index (χ0) is 14.2. The molecule has 3 heteroatoms. The second-order valence-corrected chi connectivity index (χ2v) is 6.18. The van der Waals surface area contributed by atoms with E-state index in [4.69, 9.17) is 4.74 Å². The summed E-state index contributed by atoms with van der Waals surface area (Å²) in [5.41, 5.74) is 0.190. The fraction of sp³-hybridized carbons (Fsp3) is 1.00. The van der Waals surface area contributed by atoms with Gasteiger partial charge in [0.15, 0.2) is 0 Å². The van der Waals surface area contributed by atoms with E-state index in [0.29, 0.717) is 12.1 Å². The molecule has 0 aromatic heterocycles. The van der Waals surface area contributed by atoms with Crippen LogP contribution in [0.4, 0.5) is 0 Å². The van der Waals surface area contributed by atoms with Crippen LogP contribution in [0.1, 0.15) is 54.4 Å². The summed E-state index contributed by atoms with van der Waals surface area (Å²) in [6.07, 6.45) is 2.42. The Morgan fingerprint density at radius 1 is 1.17 bits per heavy atom. The molecule has 1 N–H and O–H groups in total. The van der Waals surface area contributed by atoms with E-state index < -0.39 is 0 Å². The van der Waals surface area contributed by atoms with E-state index in [1.54, 1.807) is 7.11 Å². The third-order valence-electron chi connectivity index (χ3n) is 3.46. The van der Waals surface area contributed by atoms with Crippen LogP contribution < -0.4 is 5.32 Å². The topological polar surface area (TPSA) is 24.5 Å². The molecule has 3 nitrogen and oxygen atoms in total. The lowest BCUT2D eigenvalue weighted by Crippen LogP contribution is -2.50. The van der Waals surface area contributed by atoms with E-state index in [9.17, 15) is 0 Å². The van der Waals surface area contributed by atoms with Crippen molar-refractivity contribution in [3.8, 4) is 0 Å². The molecule has 0 heterocycles. The normalized spacial score (nSPS) is 14.5. The van der Waals surface area contributed by atoms with E-state index >= 15 is 0 Å². The van der Waals surface area contributed by atoms with Crippen molar-refractivity contribution in [1.82, 2.24) is 10.2 Å². The smallest absolute Gasteiger partial charge is 0.0589 e. The van der Waals surface area contributed by atoms with Gasteiger partial charge in [0, 0.05) is 37.8 Å². The molecule has 110 valence electrons. The maximum Gasteiger partial charge on any atom is 0.0589 e. The Balaban J connectivity index is 4.43. The minimum absolute atomic E-state index is 0.190. The van der Waals surface area contributed by atoms with Gasteiger partial charge >= 0.3 is 0 Å². The van der Waals surface area contributed by atoms with Gasteiger partial charge in [-0.2, -0.15) is 0 Å². The van der Waals surface area contributed by atoms with Crippen LogP contribution in [0.15, 0.2) is 0 Å². The molecule has 0 saturated carbocycles. The SMILES string of the molecule is CCC(CC)N(CCOC)C(C)CNC(C)(C)C. The number of rotatable bonds is 9. The molecule has 0 spiro atoms. The summed E-state index contributed by atoms with van der Waals surface area (Å²) in [6.45, 7) is 16.4. The molecular formula is C15H34N2O. The summed E-state index contributed by atoms with van der Waals surface area (Å²) in [5, 5.41) is 3.60. The van der Waals surface area contributed by atoms with Crippen molar-refractivity contribution >= 4 is 0 Å². The molecule has 0 bridgehead atoms. The minimum atomic E-state index is 0.190. The maximum atomic E-state index is 5.24. The van der Waals surface area contributed by atoms with Crippen molar-refractivity contribution in [2.24, 2.45) is 0 Å². The van der Waals surface area contributed by atoms with Gasteiger partial charge in [-0.1, -0.05) is 13.8 Å². The molecule has 0 radical (unpaired) electrons. The highest BCUT2D eigenvalue weighted by molar-refractivity contribution is 4.80. The number of ether oxygens (including phenoxy) is 1. The third-order valence-corrected chi connectivity index (χ3v) is 3.46. The first-order chi connectivity index (χ1) is 8.35. The summed E-state index contributed by atoms with van der Waals surface area (Å²) in [4.78, 5) is 2.59. The van der Waals surface area contributed by atoms with E-state index in [0.717, 1.165) is 19.7 Å².